The number of carboxylic acid groups (broad SMARTS) is 1. The smallest absolute Gasteiger partial charge is 0.307 e. The van der Waals surface area contributed by atoms with E-state index in [0.29, 0.717) is 6.04 Å². The summed E-state index contributed by atoms with van der Waals surface area (Å²) in [5.41, 5.74) is 0. The van der Waals surface area contributed by atoms with E-state index >= 15 is 0 Å². The molecular weight excluding hydrogens is 216 g/mol. The second-order valence-electron chi connectivity index (χ2n) is 5.83. The molecule has 0 saturated carbocycles. The summed E-state index contributed by atoms with van der Waals surface area (Å²) in [5, 5.41) is 9.04. The first-order valence-corrected chi connectivity index (χ1v) is 6.95. The van der Waals surface area contributed by atoms with Crippen molar-refractivity contribution in [1.82, 2.24) is 9.80 Å². The summed E-state index contributed by atoms with van der Waals surface area (Å²) in [4.78, 5) is 16.0. The highest BCUT2D eigenvalue weighted by Gasteiger charge is 2.37. The molecule has 0 spiro atoms. The van der Waals surface area contributed by atoms with Gasteiger partial charge in [-0.25, -0.2) is 0 Å². The van der Waals surface area contributed by atoms with Crippen LogP contribution in [-0.4, -0.2) is 59.1 Å². The van der Waals surface area contributed by atoms with Gasteiger partial charge in [0.15, 0.2) is 0 Å². The third kappa shape index (κ3) is 2.20. The molecule has 96 valence electrons. The molecule has 0 radical (unpaired) electrons. The lowest BCUT2D eigenvalue weighted by Gasteiger charge is -2.39. The number of fused-ring (bicyclic) bond motifs is 1. The van der Waals surface area contributed by atoms with Gasteiger partial charge < -0.3 is 10.0 Å². The number of rotatable bonds is 2. The fourth-order valence-corrected chi connectivity index (χ4v) is 3.86. The van der Waals surface area contributed by atoms with Crippen LogP contribution in [0.2, 0.25) is 0 Å². The maximum Gasteiger partial charge on any atom is 0.307 e. The van der Waals surface area contributed by atoms with Gasteiger partial charge in [0.2, 0.25) is 0 Å². The Hall–Kier alpha value is -0.610. The normalized spacial score (nSPS) is 39.4. The van der Waals surface area contributed by atoms with Crippen LogP contribution in [0.5, 0.6) is 0 Å². The zero-order valence-corrected chi connectivity index (χ0v) is 10.3. The molecule has 3 rings (SSSR count). The van der Waals surface area contributed by atoms with Gasteiger partial charge in [0.05, 0.1) is 5.92 Å². The minimum absolute atomic E-state index is 0.114. The third-order valence-corrected chi connectivity index (χ3v) is 4.88. The van der Waals surface area contributed by atoms with Crippen LogP contribution in [0.15, 0.2) is 0 Å². The number of aliphatic carboxylic acids is 1. The van der Waals surface area contributed by atoms with E-state index < -0.39 is 5.97 Å². The van der Waals surface area contributed by atoms with Crippen LogP contribution in [0.1, 0.15) is 32.1 Å². The molecule has 3 aliphatic rings. The fourth-order valence-electron chi connectivity index (χ4n) is 3.86. The minimum Gasteiger partial charge on any atom is -0.481 e. The number of carboxylic acids is 1. The number of likely N-dealkylation sites (tertiary alicyclic amines) is 1. The summed E-state index contributed by atoms with van der Waals surface area (Å²) < 4.78 is 0. The van der Waals surface area contributed by atoms with Crippen molar-refractivity contribution in [1.29, 1.82) is 0 Å². The van der Waals surface area contributed by atoms with E-state index in [9.17, 15) is 4.79 Å². The highest BCUT2D eigenvalue weighted by molar-refractivity contribution is 5.70. The second-order valence-corrected chi connectivity index (χ2v) is 5.83. The molecule has 17 heavy (non-hydrogen) atoms. The van der Waals surface area contributed by atoms with Crippen molar-refractivity contribution >= 4 is 5.97 Å². The highest BCUT2D eigenvalue weighted by Crippen LogP contribution is 2.31. The average Bonchev–Trinajstić information content (AvgIpc) is 2.97. The summed E-state index contributed by atoms with van der Waals surface area (Å²) in [5.74, 6) is -0.720. The van der Waals surface area contributed by atoms with E-state index in [4.69, 9.17) is 5.11 Å². The van der Waals surface area contributed by atoms with Crippen molar-refractivity contribution in [3.05, 3.63) is 0 Å². The minimum atomic E-state index is -0.606. The van der Waals surface area contributed by atoms with Gasteiger partial charge in [-0.2, -0.15) is 0 Å². The molecule has 3 saturated heterocycles. The lowest BCUT2D eigenvalue weighted by molar-refractivity contribution is -0.141. The fraction of sp³-hybridized carbons (Fsp3) is 0.923. The van der Waals surface area contributed by atoms with Crippen molar-refractivity contribution in [3.8, 4) is 0 Å². The van der Waals surface area contributed by atoms with Gasteiger partial charge >= 0.3 is 5.97 Å². The van der Waals surface area contributed by atoms with Crippen molar-refractivity contribution in [2.45, 2.75) is 44.2 Å². The number of hydrogen-bond donors (Lipinski definition) is 1. The standard InChI is InChI=1S/C13H22N2O2/c16-13(17)10-3-6-15(9-10)12-4-7-14-5-1-2-11(14)8-12/h10-12H,1-9H2,(H,16,17). The molecule has 0 bridgehead atoms. The molecule has 0 aliphatic carbocycles. The van der Waals surface area contributed by atoms with E-state index in [0.717, 1.165) is 25.6 Å². The quantitative estimate of drug-likeness (QED) is 0.780. The monoisotopic (exact) mass is 238 g/mol. The Labute approximate surface area is 103 Å². The number of carbonyl (C=O) groups is 1. The van der Waals surface area contributed by atoms with Crippen molar-refractivity contribution in [2.24, 2.45) is 5.92 Å². The van der Waals surface area contributed by atoms with E-state index in [1.807, 2.05) is 0 Å². The van der Waals surface area contributed by atoms with Crippen LogP contribution in [0.3, 0.4) is 0 Å². The Morgan fingerprint density at radius 2 is 1.76 bits per heavy atom. The van der Waals surface area contributed by atoms with Crippen LogP contribution in [0.4, 0.5) is 0 Å². The van der Waals surface area contributed by atoms with Crippen molar-refractivity contribution < 1.29 is 9.90 Å². The molecule has 3 unspecified atom stereocenters. The average molecular weight is 238 g/mol. The Morgan fingerprint density at radius 1 is 1.00 bits per heavy atom. The Kier molecular flexibility index (Phi) is 3.09. The van der Waals surface area contributed by atoms with Crippen LogP contribution in [0.25, 0.3) is 0 Å². The first-order valence-electron chi connectivity index (χ1n) is 6.95. The number of nitrogens with zero attached hydrogens (tertiary/aromatic N) is 2. The second kappa shape index (κ2) is 4.58. The molecule has 0 aromatic rings. The largest absolute Gasteiger partial charge is 0.481 e. The first-order chi connectivity index (χ1) is 8.24. The predicted molar refractivity (Wildman–Crippen MR) is 64.9 cm³/mol. The Bertz CT molecular complexity index is 308. The van der Waals surface area contributed by atoms with Gasteiger partial charge in [0.25, 0.3) is 0 Å². The lowest BCUT2D eigenvalue weighted by atomic mass is 9.96. The van der Waals surface area contributed by atoms with E-state index in [-0.39, 0.29) is 5.92 Å². The van der Waals surface area contributed by atoms with Crippen LogP contribution >= 0.6 is 0 Å². The molecule has 4 heteroatoms. The summed E-state index contributed by atoms with van der Waals surface area (Å²) in [6, 6.07) is 1.44. The van der Waals surface area contributed by atoms with Crippen molar-refractivity contribution in [3.63, 3.8) is 0 Å². The lowest BCUT2D eigenvalue weighted by Crippen LogP contribution is -2.47. The molecule has 3 fully saturated rings. The van der Waals surface area contributed by atoms with Gasteiger partial charge in [0, 0.05) is 18.6 Å². The molecule has 0 amide bonds. The summed E-state index contributed by atoms with van der Waals surface area (Å²) in [7, 11) is 0. The van der Waals surface area contributed by atoms with Gasteiger partial charge in [-0.3, -0.25) is 9.69 Å². The molecule has 4 nitrogen and oxygen atoms in total. The predicted octanol–water partition coefficient (Wildman–Crippen LogP) is 1.02. The highest BCUT2D eigenvalue weighted by atomic mass is 16.4. The van der Waals surface area contributed by atoms with E-state index in [1.165, 1.54) is 38.8 Å². The van der Waals surface area contributed by atoms with Gasteiger partial charge in [-0.1, -0.05) is 0 Å². The molecule has 0 aromatic heterocycles. The van der Waals surface area contributed by atoms with E-state index in [1.54, 1.807) is 0 Å². The molecule has 3 heterocycles. The Balaban J connectivity index is 1.57. The first kappa shape index (κ1) is 11.5. The topological polar surface area (TPSA) is 43.8 Å². The third-order valence-electron chi connectivity index (χ3n) is 4.88. The van der Waals surface area contributed by atoms with Gasteiger partial charge in [-0.15, -0.1) is 0 Å². The molecule has 1 N–H and O–H groups in total. The van der Waals surface area contributed by atoms with Crippen LogP contribution in [-0.2, 0) is 4.79 Å². The number of piperidine rings is 1. The number of hydrogen-bond acceptors (Lipinski definition) is 3. The summed E-state index contributed by atoms with van der Waals surface area (Å²) >= 11 is 0. The van der Waals surface area contributed by atoms with Crippen LogP contribution in [0, 0.1) is 5.92 Å². The zero-order chi connectivity index (χ0) is 11.8. The van der Waals surface area contributed by atoms with Crippen molar-refractivity contribution in [2.75, 3.05) is 26.2 Å². The molecule has 3 aliphatic heterocycles. The van der Waals surface area contributed by atoms with E-state index in [2.05, 4.69) is 9.80 Å². The SMILES string of the molecule is O=C(O)C1CCN(C2CCN3CCCC3C2)C1. The maximum atomic E-state index is 11.0. The molecule has 0 aromatic carbocycles. The Morgan fingerprint density at radius 3 is 2.53 bits per heavy atom. The molecule has 3 atom stereocenters. The van der Waals surface area contributed by atoms with Crippen LogP contribution < -0.4 is 0 Å². The summed E-state index contributed by atoms with van der Waals surface area (Å²) in [6.07, 6.45) is 6.07. The maximum absolute atomic E-state index is 11.0. The zero-order valence-electron chi connectivity index (χ0n) is 10.3. The molecular formula is C13H22N2O2. The summed E-state index contributed by atoms with van der Waals surface area (Å²) in [6.45, 7) is 4.29. The van der Waals surface area contributed by atoms with Gasteiger partial charge in [-0.05, 0) is 51.7 Å². The van der Waals surface area contributed by atoms with Gasteiger partial charge in [0.1, 0.15) is 0 Å².